The number of rotatable bonds is 1. The van der Waals surface area contributed by atoms with E-state index in [2.05, 4.69) is 20.2 Å². The Bertz CT molecular complexity index is 445. The number of anilines is 1. The summed E-state index contributed by atoms with van der Waals surface area (Å²) in [5.41, 5.74) is 2.74. The van der Waals surface area contributed by atoms with E-state index in [0.29, 0.717) is 12.1 Å². The summed E-state index contributed by atoms with van der Waals surface area (Å²) < 4.78 is 0. The Kier molecular flexibility index (Phi) is 2.12. The molecule has 0 spiro atoms. The Morgan fingerprint density at radius 3 is 3.00 bits per heavy atom. The molecule has 17 heavy (non-hydrogen) atoms. The second-order valence-electron chi connectivity index (χ2n) is 5.48. The molecule has 3 heterocycles. The van der Waals surface area contributed by atoms with Crippen LogP contribution in [0.2, 0.25) is 0 Å². The molecule has 2 atom stereocenters. The number of hydrogen-bond acceptors (Lipinski definition) is 4. The van der Waals surface area contributed by atoms with Crippen LogP contribution in [-0.2, 0) is 12.8 Å². The lowest BCUT2D eigenvalue weighted by atomic mass is 9.96. The van der Waals surface area contributed by atoms with Gasteiger partial charge in [0.1, 0.15) is 12.1 Å². The summed E-state index contributed by atoms with van der Waals surface area (Å²) >= 11 is 0. The topological polar surface area (TPSA) is 41.1 Å². The lowest BCUT2D eigenvalue weighted by molar-refractivity contribution is 0.569. The van der Waals surface area contributed by atoms with E-state index in [1.54, 1.807) is 6.33 Å². The third-order valence-electron chi connectivity index (χ3n) is 4.43. The van der Waals surface area contributed by atoms with Crippen molar-refractivity contribution in [1.29, 1.82) is 0 Å². The van der Waals surface area contributed by atoms with Gasteiger partial charge in [-0.25, -0.2) is 9.97 Å². The molecule has 1 aromatic rings. The standard InChI is InChI=1S/C13H18N4/c1-2-4-12-11(3-1)13(16-8-15-12)17-7-9-5-10(17)6-14-9/h8-10,14H,1-7H2/t9-,10-/m0/s1. The number of aryl methyl sites for hydroxylation is 1. The van der Waals surface area contributed by atoms with Gasteiger partial charge >= 0.3 is 0 Å². The van der Waals surface area contributed by atoms with Crippen molar-refractivity contribution in [3.63, 3.8) is 0 Å². The Balaban J connectivity index is 1.73. The van der Waals surface area contributed by atoms with Gasteiger partial charge in [0, 0.05) is 36.4 Å². The van der Waals surface area contributed by atoms with Crippen molar-refractivity contribution < 1.29 is 0 Å². The molecule has 0 radical (unpaired) electrons. The van der Waals surface area contributed by atoms with Gasteiger partial charge in [0.2, 0.25) is 0 Å². The largest absolute Gasteiger partial charge is 0.350 e. The number of nitrogens with zero attached hydrogens (tertiary/aromatic N) is 3. The number of hydrogen-bond donors (Lipinski definition) is 1. The van der Waals surface area contributed by atoms with Gasteiger partial charge in [-0.3, -0.25) is 0 Å². The number of fused-ring (bicyclic) bond motifs is 3. The van der Waals surface area contributed by atoms with Gasteiger partial charge in [-0.2, -0.15) is 0 Å². The Morgan fingerprint density at radius 2 is 2.18 bits per heavy atom. The Hall–Kier alpha value is -1.16. The third kappa shape index (κ3) is 1.47. The first-order valence-electron chi connectivity index (χ1n) is 6.74. The lowest BCUT2D eigenvalue weighted by Gasteiger charge is -2.31. The van der Waals surface area contributed by atoms with Crippen LogP contribution in [0.4, 0.5) is 5.82 Å². The van der Waals surface area contributed by atoms with Crippen LogP contribution in [0.5, 0.6) is 0 Å². The molecule has 2 fully saturated rings. The van der Waals surface area contributed by atoms with Gasteiger partial charge in [-0.05, 0) is 32.1 Å². The van der Waals surface area contributed by atoms with Crippen molar-refractivity contribution >= 4 is 5.82 Å². The van der Waals surface area contributed by atoms with Crippen molar-refractivity contribution in [1.82, 2.24) is 15.3 Å². The highest BCUT2D eigenvalue weighted by molar-refractivity contribution is 5.52. The van der Waals surface area contributed by atoms with Crippen LogP contribution < -0.4 is 10.2 Å². The van der Waals surface area contributed by atoms with Crippen LogP contribution >= 0.6 is 0 Å². The second kappa shape index (κ2) is 3.67. The summed E-state index contributed by atoms with van der Waals surface area (Å²) in [7, 11) is 0. The number of piperazine rings is 1. The van der Waals surface area contributed by atoms with Gasteiger partial charge in [0.15, 0.2) is 0 Å². The molecule has 0 saturated carbocycles. The molecule has 90 valence electrons. The molecule has 2 bridgehead atoms. The Labute approximate surface area is 101 Å². The van der Waals surface area contributed by atoms with Crippen molar-refractivity contribution in [2.24, 2.45) is 0 Å². The third-order valence-corrected chi connectivity index (χ3v) is 4.43. The SMILES string of the molecule is c1nc2c(c(N3C[C@@H]4C[C@H]3CN4)n1)CCCC2. The number of nitrogens with one attached hydrogen (secondary N) is 1. The molecule has 4 heteroatoms. The van der Waals surface area contributed by atoms with Crippen molar-refractivity contribution in [2.45, 2.75) is 44.2 Å². The highest BCUT2D eigenvalue weighted by Gasteiger charge is 2.39. The zero-order valence-electron chi connectivity index (χ0n) is 10.0. The van der Waals surface area contributed by atoms with Crippen LogP contribution in [0.1, 0.15) is 30.5 Å². The molecular formula is C13H18N4. The van der Waals surface area contributed by atoms with E-state index in [1.807, 2.05) is 0 Å². The van der Waals surface area contributed by atoms with Gasteiger partial charge < -0.3 is 10.2 Å². The van der Waals surface area contributed by atoms with Crippen LogP contribution in [0.3, 0.4) is 0 Å². The van der Waals surface area contributed by atoms with E-state index < -0.39 is 0 Å². The summed E-state index contributed by atoms with van der Waals surface area (Å²) in [4.78, 5) is 11.6. The molecule has 1 aromatic heterocycles. The first-order valence-corrected chi connectivity index (χ1v) is 6.74. The molecule has 1 N–H and O–H groups in total. The van der Waals surface area contributed by atoms with Gasteiger partial charge in [0.05, 0.1) is 0 Å². The molecule has 4 nitrogen and oxygen atoms in total. The summed E-state index contributed by atoms with van der Waals surface area (Å²) in [6, 6.07) is 1.36. The van der Waals surface area contributed by atoms with E-state index in [0.717, 1.165) is 19.5 Å². The zero-order valence-corrected chi connectivity index (χ0v) is 10.0. The molecule has 3 aliphatic rings. The maximum absolute atomic E-state index is 4.58. The monoisotopic (exact) mass is 230 g/mol. The van der Waals surface area contributed by atoms with Crippen molar-refractivity contribution in [3.05, 3.63) is 17.6 Å². The Morgan fingerprint density at radius 1 is 1.24 bits per heavy atom. The second-order valence-corrected chi connectivity index (χ2v) is 5.48. The quantitative estimate of drug-likeness (QED) is 0.778. The van der Waals surface area contributed by atoms with E-state index >= 15 is 0 Å². The minimum atomic E-state index is 0.668. The smallest absolute Gasteiger partial charge is 0.135 e. The molecule has 0 unspecified atom stereocenters. The fourth-order valence-corrected chi connectivity index (χ4v) is 3.57. The first-order chi connectivity index (χ1) is 8.42. The van der Waals surface area contributed by atoms with Crippen LogP contribution in [0, 0.1) is 0 Å². The minimum Gasteiger partial charge on any atom is -0.350 e. The molecular weight excluding hydrogens is 212 g/mol. The normalized spacial score (nSPS) is 30.7. The molecule has 1 aliphatic carbocycles. The minimum absolute atomic E-state index is 0.668. The predicted molar refractivity (Wildman–Crippen MR) is 66.2 cm³/mol. The highest BCUT2D eigenvalue weighted by Crippen LogP contribution is 2.33. The molecule has 0 aromatic carbocycles. The summed E-state index contributed by atoms with van der Waals surface area (Å²) in [6.07, 6.45) is 7.96. The molecule has 2 aliphatic heterocycles. The fraction of sp³-hybridized carbons (Fsp3) is 0.692. The fourth-order valence-electron chi connectivity index (χ4n) is 3.57. The van der Waals surface area contributed by atoms with Crippen molar-refractivity contribution in [3.8, 4) is 0 Å². The molecule has 0 amide bonds. The summed E-state index contributed by atoms with van der Waals surface area (Å²) in [6.45, 7) is 2.26. The molecule has 2 saturated heterocycles. The summed E-state index contributed by atoms with van der Waals surface area (Å²) in [5, 5.41) is 3.55. The van der Waals surface area contributed by atoms with Gasteiger partial charge in [0.25, 0.3) is 0 Å². The van der Waals surface area contributed by atoms with Crippen LogP contribution in [-0.4, -0.2) is 35.1 Å². The van der Waals surface area contributed by atoms with Gasteiger partial charge in [-0.1, -0.05) is 0 Å². The van der Waals surface area contributed by atoms with Crippen LogP contribution in [0.15, 0.2) is 6.33 Å². The maximum atomic E-state index is 4.58. The van der Waals surface area contributed by atoms with Gasteiger partial charge in [-0.15, -0.1) is 0 Å². The summed E-state index contributed by atoms with van der Waals surface area (Å²) in [5.74, 6) is 1.24. The predicted octanol–water partition coefficient (Wildman–Crippen LogP) is 0.906. The van der Waals surface area contributed by atoms with Crippen LogP contribution in [0.25, 0.3) is 0 Å². The first kappa shape index (κ1) is 9.83. The van der Waals surface area contributed by atoms with E-state index in [4.69, 9.17) is 0 Å². The average molecular weight is 230 g/mol. The van der Waals surface area contributed by atoms with E-state index in [9.17, 15) is 0 Å². The molecule has 4 rings (SSSR count). The highest BCUT2D eigenvalue weighted by atomic mass is 15.3. The number of aromatic nitrogens is 2. The van der Waals surface area contributed by atoms with E-state index in [-0.39, 0.29) is 0 Å². The maximum Gasteiger partial charge on any atom is 0.135 e. The lowest BCUT2D eigenvalue weighted by Crippen LogP contribution is -2.44. The average Bonchev–Trinajstić information content (AvgIpc) is 3.00. The zero-order chi connectivity index (χ0) is 11.2. The van der Waals surface area contributed by atoms with E-state index in [1.165, 1.54) is 42.8 Å². The van der Waals surface area contributed by atoms with Crippen molar-refractivity contribution in [2.75, 3.05) is 18.0 Å².